The van der Waals surface area contributed by atoms with E-state index in [0.717, 1.165) is 29.3 Å². The molecule has 6 nitrogen and oxygen atoms in total. The number of benzene rings is 2. The fourth-order valence-corrected chi connectivity index (χ4v) is 2.67. The van der Waals surface area contributed by atoms with Crippen LogP contribution in [-0.4, -0.2) is 34.6 Å². The van der Waals surface area contributed by atoms with Crippen LogP contribution in [0, 0.1) is 0 Å². The lowest BCUT2D eigenvalue weighted by Crippen LogP contribution is -2.04. The van der Waals surface area contributed by atoms with Gasteiger partial charge in [0.15, 0.2) is 0 Å². The van der Waals surface area contributed by atoms with Crippen LogP contribution in [0.2, 0.25) is 0 Å². The molecule has 0 unspecified atom stereocenters. The van der Waals surface area contributed by atoms with Gasteiger partial charge in [-0.3, -0.25) is 4.68 Å². The second-order valence-corrected chi connectivity index (χ2v) is 5.74. The normalized spacial score (nSPS) is 10.8. The summed E-state index contributed by atoms with van der Waals surface area (Å²) in [6, 6.07) is 11.1. The summed E-state index contributed by atoms with van der Waals surface area (Å²) in [6.45, 7) is 0.172. The van der Waals surface area contributed by atoms with Gasteiger partial charge in [0.05, 0.1) is 18.8 Å². The number of esters is 1. The van der Waals surface area contributed by atoms with Crippen molar-refractivity contribution in [3.63, 3.8) is 0 Å². The summed E-state index contributed by atoms with van der Waals surface area (Å²) in [5.74, 6) is 0.589. The molecule has 130 valence electrons. The van der Waals surface area contributed by atoms with E-state index in [9.17, 15) is 4.79 Å². The molecule has 0 fully saturated rings. The van der Waals surface area contributed by atoms with Crippen molar-refractivity contribution >= 4 is 16.9 Å². The summed E-state index contributed by atoms with van der Waals surface area (Å²) in [7, 11) is 3.18. The number of fused-ring (bicyclic) bond motifs is 1. The maximum atomic E-state index is 12.1. The SMILES string of the molecule is COC(=O)c1cc2cnn(C)c2cc1Oc1ccc(CCCO)cc1. The summed E-state index contributed by atoms with van der Waals surface area (Å²) in [6.07, 6.45) is 3.23. The van der Waals surface area contributed by atoms with Gasteiger partial charge in [0, 0.05) is 25.1 Å². The Labute approximate surface area is 145 Å². The van der Waals surface area contributed by atoms with E-state index >= 15 is 0 Å². The molecule has 3 rings (SSSR count). The predicted octanol–water partition coefficient (Wildman–Crippen LogP) is 3.08. The maximum absolute atomic E-state index is 12.1. The zero-order valence-corrected chi connectivity index (χ0v) is 14.2. The van der Waals surface area contributed by atoms with Crippen LogP contribution in [0.3, 0.4) is 0 Å². The number of methoxy groups -OCH3 is 1. The first-order valence-corrected chi connectivity index (χ1v) is 8.04. The molecule has 3 aromatic rings. The fraction of sp³-hybridized carbons (Fsp3) is 0.263. The molecule has 0 aliphatic rings. The Morgan fingerprint density at radius 3 is 2.68 bits per heavy atom. The van der Waals surface area contributed by atoms with Gasteiger partial charge >= 0.3 is 5.97 Å². The van der Waals surface area contributed by atoms with Crippen molar-refractivity contribution in [3.8, 4) is 11.5 Å². The Morgan fingerprint density at radius 1 is 1.24 bits per heavy atom. The van der Waals surface area contributed by atoms with Gasteiger partial charge in [-0.25, -0.2) is 4.79 Å². The standard InChI is InChI=1S/C19H20N2O4/c1-21-17-11-18(16(19(23)24-2)10-14(17)12-20-21)25-15-7-5-13(6-8-15)4-3-9-22/h5-8,10-12,22H,3-4,9H2,1-2H3. The third-order valence-electron chi connectivity index (χ3n) is 4.03. The molecule has 0 aliphatic carbocycles. The number of aryl methyl sites for hydroxylation is 2. The number of aromatic nitrogens is 2. The summed E-state index contributed by atoms with van der Waals surface area (Å²) >= 11 is 0. The molecular weight excluding hydrogens is 320 g/mol. The van der Waals surface area contributed by atoms with Crippen LogP contribution < -0.4 is 4.74 Å². The van der Waals surface area contributed by atoms with E-state index in [1.165, 1.54) is 7.11 Å². The predicted molar refractivity (Wildman–Crippen MR) is 94.0 cm³/mol. The molecule has 25 heavy (non-hydrogen) atoms. The zero-order valence-electron chi connectivity index (χ0n) is 14.2. The number of rotatable bonds is 6. The molecule has 1 heterocycles. The van der Waals surface area contributed by atoms with Crippen molar-refractivity contribution in [3.05, 3.63) is 53.7 Å². The Hall–Kier alpha value is -2.86. The van der Waals surface area contributed by atoms with Gasteiger partial charge in [-0.1, -0.05) is 12.1 Å². The van der Waals surface area contributed by atoms with Crippen molar-refractivity contribution in [1.82, 2.24) is 9.78 Å². The number of carbonyl (C=O) groups excluding carboxylic acids is 1. The highest BCUT2D eigenvalue weighted by Crippen LogP contribution is 2.30. The molecule has 0 bridgehead atoms. The van der Waals surface area contributed by atoms with E-state index in [1.54, 1.807) is 23.0 Å². The van der Waals surface area contributed by atoms with Crippen LogP contribution in [0.25, 0.3) is 10.9 Å². The van der Waals surface area contributed by atoms with E-state index in [2.05, 4.69) is 5.10 Å². The molecule has 2 aromatic carbocycles. The summed E-state index contributed by atoms with van der Waals surface area (Å²) in [5, 5.41) is 13.9. The molecule has 0 amide bonds. The number of hydrogen-bond donors (Lipinski definition) is 1. The number of aliphatic hydroxyl groups excluding tert-OH is 1. The monoisotopic (exact) mass is 340 g/mol. The Bertz CT molecular complexity index is 884. The molecular formula is C19H20N2O4. The van der Waals surface area contributed by atoms with Gasteiger partial charge in [-0.15, -0.1) is 0 Å². The summed E-state index contributed by atoms with van der Waals surface area (Å²) in [4.78, 5) is 12.1. The molecule has 0 radical (unpaired) electrons. The topological polar surface area (TPSA) is 73.6 Å². The molecule has 0 saturated carbocycles. The minimum absolute atomic E-state index is 0.172. The smallest absolute Gasteiger partial charge is 0.341 e. The van der Waals surface area contributed by atoms with Crippen molar-refractivity contribution in [2.24, 2.45) is 7.05 Å². The molecule has 0 spiro atoms. The average molecular weight is 340 g/mol. The number of aliphatic hydroxyl groups is 1. The first-order chi connectivity index (χ1) is 12.1. The molecule has 0 aliphatic heterocycles. The lowest BCUT2D eigenvalue weighted by molar-refractivity contribution is 0.0598. The zero-order chi connectivity index (χ0) is 17.8. The van der Waals surface area contributed by atoms with E-state index < -0.39 is 5.97 Å². The molecule has 1 N–H and O–H groups in total. The lowest BCUT2D eigenvalue weighted by atomic mass is 10.1. The van der Waals surface area contributed by atoms with Crippen molar-refractivity contribution in [2.75, 3.05) is 13.7 Å². The van der Waals surface area contributed by atoms with Crippen LogP contribution in [0.5, 0.6) is 11.5 Å². The third kappa shape index (κ3) is 3.64. The number of carbonyl (C=O) groups is 1. The van der Waals surface area contributed by atoms with Crippen molar-refractivity contribution in [1.29, 1.82) is 0 Å². The highest BCUT2D eigenvalue weighted by molar-refractivity contribution is 5.97. The summed E-state index contributed by atoms with van der Waals surface area (Å²) in [5.41, 5.74) is 2.34. The Balaban J connectivity index is 1.93. The van der Waals surface area contributed by atoms with Crippen LogP contribution in [-0.2, 0) is 18.2 Å². The van der Waals surface area contributed by atoms with E-state index in [0.29, 0.717) is 17.1 Å². The van der Waals surface area contributed by atoms with Gasteiger partial charge in [-0.2, -0.15) is 5.10 Å². The van der Waals surface area contributed by atoms with E-state index in [-0.39, 0.29) is 6.61 Å². The van der Waals surface area contributed by atoms with Crippen LogP contribution in [0.4, 0.5) is 0 Å². The number of nitrogens with zero attached hydrogens (tertiary/aromatic N) is 2. The molecule has 6 heteroatoms. The van der Waals surface area contributed by atoms with Crippen molar-refractivity contribution in [2.45, 2.75) is 12.8 Å². The summed E-state index contributed by atoms with van der Waals surface area (Å²) < 4.78 is 12.5. The number of ether oxygens (including phenoxy) is 2. The van der Waals surface area contributed by atoms with Crippen LogP contribution in [0.1, 0.15) is 22.3 Å². The largest absolute Gasteiger partial charge is 0.465 e. The first kappa shape index (κ1) is 17.0. The maximum Gasteiger partial charge on any atom is 0.341 e. The third-order valence-corrected chi connectivity index (χ3v) is 4.03. The minimum Gasteiger partial charge on any atom is -0.465 e. The molecule has 1 aromatic heterocycles. The van der Waals surface area contributed by atoms with Gasteiger partial charge in [-0.05, 0) is 36.6 Å². The second-order valence-electron chi connectivity index (χ2n) is 5.74. The van der Waals surface area contributed by atoms with Gasteiger partial charge < -0.3 is 14.6 Å². The average Bonchev–Trinajstić information content (AvgIpc) is 3.00. The Morgan fingerprint density at radius 2 is 2.00 bits per heavy atom. The van der Waals surface area contributed by atoms with Gasteiger partial charge in [0.1, 0.15) is 17.1 Å². The Kier molecular flexibility index (Phi) is 5.00. The quantitative estimate of drug-likeness (QED) is 0.698. The highest BCUT2D eigenvalue weighted by Gasteiger charge is 2.17. The van der Waals surface area contributed by atoms with Crippen LogP contribution in [0.15, 0.2) is 42.6 Å². The van der Waals surface area contributed by atoms with Crippen molar-refractivity contribution < 1.29 is 19.4 Å². The van der Waals surface area contributed by atoms with Crippen LogP contribution >= 0.6 is 0 Å². The van der Waals surface area contributed by atoms with E-state index in [1.807, 2.05) is 31.3 Å². The number of hydrogen-bond acceptors (Lipinski definition) is 5. The minimum atomic E-state index is -0.458. The van der Waals surface area contributed by atoms with Gasteiger partial charge in [0.25, 0.3) is 0 Å². The molecule has 0 atom stereocenters. The highest BCUT2D eigenvalue weighted by atomic mass is 16.5. The first-order valence-electron chi connectivity index (χ1n) is 8.04. The second kappa shape index (κ2) is 7.36. The fourth-order valence-electron chi connectivity index (χ4n) is 2.67. The molecule has 0 saturated heterocycles. The van der Waals surface area contributed by atoms with E-state index in [4.69, 9.17) is 14.6 Å². The van der Waals surface area contributed by atoms with Gasteiger partial charge in [0.2, 0.25) is 0 Å². The lowest BCUT2D eigenvalue weighted by Gasteiger charge is -2.11.